The van der Waals surface area contributed by atoms with Gasteiger partial charge in [0.2, 0.25) is 0 Å². The number of aliphatic carboxylic acids is 1. The maximum absolute atomic E-state index is 9.57. The molecular formula is C3H9NNa2O2. The minimum absolute atomic E-state index is 0. The van der Waals surface area contributed by atoms with Crippen molar-refractivity contribution in [2.75, 3.05) is 0 Å². The quantitative estimate of drug-likeness (QED) is 0.416. The van der Waals surface area contributed by atoms with E-state index in [0.717, 1.165) is 0 Å². The molecule has 0 radical (unpaired) electrons. The molecule has 0 rings (SSSR count). The van der Waals surface area contributed by atoms with E-state index in [-0.39, 0.29) is 59.1 Å². The maximum atomic E-state index is 9.57. The Bertz CT molecular complexity index is 66.3. The summed E-state index contributed by atoms with van der Waals surface area (Å²) in [5.41, 5.74) is 4.84. The summed E-state index contributed by atoms with van der Waals surface area (Å²) in [4.78, 5) is 9.57. The fourth-order valence-corrected chi connectivity index (χ4v) is 0. The Morgan fingerprint density at radius 3 is 1.75 bits per heavy atom. The van der Waals surface area contributed by atoms with Gasteiger partial charge in [-0.05, 0) is 6.92 Å². The van der Waals surface area contributed by atoms with Gasteiger partial charge in [0.25, 0.3) is 0 Å². The van der Waals surface area contributed by atoms with Crippen LogP contribution >= 0.6 is 0 Å². The van der Waals surface area contributed by atoms with Crippen LogP contribution in [0.5, 0.6) is 0 Å². The van der Waals surface area contributed by atoms with Gasteiger partial charge in [0.1, 0.15) is 6.04 Å². The average molecular weight is 137 g/mol. The summed E-state index contributed by atoms with van der Waals surface area (Å²) in [5.74, 6) is -0.963. The van der Waals surface area contributed by atoms with Crippen LogP contribution < -0.4 is 5.73 Å². The van der Waals surface area contributed by atoms with Crippen molar-refractivity contribution in [2.45, 2.75) is 13.0 Å². The molecule has 1 atom stereocenters. The molecule has 0 aliphatic rings. The van der Waals surface area contributed by atoms with Crippen molar-refractivity contribution < 1.29 is 9.90 Å². The van der Waals surface area contributed by atoms with Gasteiger partial charge in [-0.1, -0.05) is 0 Å². The van der Waals surface area contributed by atoms with Gasteiger partial charge in [0, 0.05) is 0 Å². The summed E-state index contributed by atoms with van der Waals surface area (Å²) in [5, 5.41) is 7.87. The van der Waals surface area contributed by atoms with Crippen molar-refractivity contribution in [2.24, 2.45) is 5.73 Å². The Morgan fingerprint density at radius 1 is 1.62 bits per heavy atom. The average Bonchev–Trinajstić information content (AvgIpc) is 1.36. The van der Waals surface area contributed by atoms with Crippen LogP contribution in [-0.2, 0) is 4.79 Å². The van der Waals surface area contributed by atoms with Gasteiger partial charge in [0.05, 0.1) is 0 Å². The van der Waals surface area contributed by atoms with Gasteiger partial charge in [-0.3, -0.25) is 4.79 Å². The van der Waals surface area contributed by atoms with Crippen LogP contribution in [0.1, 0.15) is 6.92 Å². The summed E-state index contributed by atoms with van der Waals surface area (Å²) in [6.45, 7) is 1.42. The second-order valence-corrected chi connectivity index (χ2v) is 1.13. The molecule has 40 valence electrons. The van der Waals surface area contributed by atoms with E-state index in [1.54, 1.807) is 0 Å². The van der Waals surface area contributed by atoms with Crippen molar-refractivity contribution in [1.82, 2.24) is 0 Å². The zero-order valence-electron chi connectivity index (χ0n) is 3.51. The standard InChI is InChI=1S/C3H7NO2.2Na.2H/c1-2(4)3(5)6;;;;/h2H,4H2,1H3,(H,5,6);;;;. The van der Waals surface area contributed by atoms with Crippen molar-refractivity contribution in [1.29, 1.82) is 0 Å². The number of carboxylic acids is 1. The van der Waals surface area contributed by atoms with E-state index in [9.17, 15) is 4.79 Å². The third-order valence-electron chi connectivity index (χ3n) is 0.390. The van der Waals surface area contributed by atoms with Crippen molar-refractivity contribution in [3.8, 4) is 0 Å². The zero-order valence-corrected chi connectivity index (χ0v) is 3.51. The predicted molar refractivity (Wildman–Crippen MR) is 35.6 cm³/mol. The van der Waals surface area contributed by atoms with Gasteiger partial charge in [-0.15, -0.1) is 0 Å². The molecule has 5 heteroatoms. The summed E-state index contributed by atoms with van der Waals surface area (Å²) < 4.78 is 0. The first-order chi connectivity index (χ1) is 2.64. The molecule has 0 aliphatic heterocycles. The Morgan fingerprint density at radius 2 is 1.75 bits per heavy atom. The predicted octanol–water partition coefficient (Wildman–Crippen LogP) is -1.88. The molecule has 0 aromatic heterocycles. The SMILES string of the molecule is CC(N)C(=O)O.[NaH].[NaH]. The fourth-order valence-electron chi connectivity index (χ4n) is 0. The number of hydrogen-bond acceptors (Lipinski definition) is 2. The van der Waals surface area contributed by atoms with Crippen molar-refractivity contribution in [3.05, 3.63) is 0 Å². The van der Waals surface area contributed by atoms with E-state index in [1.807, 2.05) is 0 Å². The molecule has 0 aliphatic carbocycles. The molecule has 0 heterocycles. The van der Waals surface area contributed by atoms with Crippen molar-refractivity contribution in [3.63, 3.8) is 0 Å². The number of hydrogen-bond donors (Lipinski definition) is 2. The molecule has 0 aromatic carbocycles. The second-order valence-electron chi connectivity index (χ2n) is 1.13. The van der Waals surface area contributed by atoms with Crippen LogP contribution in [0.4, 0.5) is 0 Å². The molecule has 1 unspecified atom stereocenters. The van der Waals surface area contributed by atoms with E-state index in [0.29, 0.717) is 0 Å². The monoisotopic (exact) mass is 137 g/mol. The Kier molecular flexibility index (Phi) is 17.1. The Balaban J connectivity index is -0.000000125. The van der Waals surface area contributed by atoms with Crippen LogP contribution in [0.15, 0.2) is 0 Å². The third-order valence-corrected chi connectivity index (χ3v) is 0.390. The number of nitrogens with two attached hydrogens (primary N) is 1. The molecule has 0 fully saturated rings. The zero-order chi connectivity index (χ0) is 5.15. The van der Waals surface area contributed by atoms with Crippen LogP contribution in [0, 0.1) is 0 Å². The topological polar surface area (TPSA) is 63.3 Å². The summed E-state index contributed by atoms with van der Waals surface area (Å²) in [7, 11) is 0. The van der Waals surface area contributed by atoms with Crippen LogP contribution in [0.3, 0.4) is 0 Å². The molecule has 0 bridgehead atoms. The molecule has 0 spiro atoms. The van der Waals surface area contributed by atoms with Crippen molar-refractivity contribution >= 4 is 65.1 Å². The van der Waals surface area contributed by atoms with Gasteiger partial charge in [-0.2, -0.15) is 0 Å². The normalized spacial score (nSPS) is 10.2. The first-order valence-electron chi connectivity index (χ1n) is 1.63. The van der Waals surface area contributed by atoms with E-state index in [2.05, 4.69) is 0 Å². The first kappa shape index (κ1) is 16.2. The van der Waals surface area contributed by atoms with Gasteiger partial charge in [0.15, 0.2) is 0 Å². The molecule has 0 saturated carbocycles. The molecule has 8 heavy (non-hydrogen) atoms. The Hall–Kier alpha value is 1.43. The first-order valence-corrected chi connectivity index (χ1v) is 1.63. The minimum atomic E-state index is -0.963. The fraction of sp³-hybridized carbons (Fsp3) is 0.667. The molecule has 0 amide bonds. The van der Waals surface area contributed by atoms with Gasteiger partial charge in [-0.25, -0.2) is 0 Å². The molecular weight excluding hydrogens is 128 g/mol. The van der Waals surface area contributed by atoms with Gasteiger partial charge >= 0.3 is 65.1 Å². The van der Waals surface area contributed by atoms with E-state index >= 15 is 0 Å². The number of carboxylic acid groups (broad SMARTS) is 1. The van der Waals surface area contributed by atoms with Crippen LogP contribution in [0.2, 0.25) is 0 Å². The summed E-state index contributed by atoms with van der Waals surface area (Å²) >= 11 is 0. The van der Waals surface area contributed by atoms with E-state index in [4.69, 9.17) is 10.8 Å². The summed E-state index contributed by atoms with van der Waals surface area (Å²) in [6, 6.07) is -0.731. The Labute approximate surface area is 92.6 Å². The number of rotatable bonds is 1. The molecule has 3 N–H and O–H groups in total. The molecule has 0 aromatic rings. The van der Waals surface area contributed by atoms with Gasteiger partial charge < -0.3 is 10.8 Å². The summed E-state index contributed by atoms with van der Waals surface area (Å²) in [6.07, 6.45) is 0. The molecule has 3 nitrogen and oxygen atoms in total. The van der Waals surface area contributed by atoms with E-state index < -0.39 is 12.0 Å². The van der Waals surface area contributed by atoms with E-state index in [1.165, 1.54) is 6.92 Å². The van der Waals surface area contributed by atoms with Crippen LogP contribution in [0.25, 0.3) is 0 Å². The van der Waals surface area contributed by atoms with Crippen LogP contribution in [-0.4, -0.2) is 76.2 Å². The third kappa shape index (κ3) is 10.4. The molecule has 0 saturated heterocycles. The second kappa shape index (κ2) is 8.43. The number of carbonyl (C=O) groups is 1.